The summed E-state index contributed by atoms with van der Waals surface area (Å²) in [4.78, 5) is 16.6. The van der Waals surface area contributed by atoms with Crippen LogP contribution in [0.5, 0.6) is 11.5 Å². The molecule has 0 spiro atoms. The first-order valence-corrected chi connectivity index (χ1v) is 6.54. The van der Waals surface area contributed by atoms with E-state index in [1.165, 1.54) is 11.7 Å². The molecule has 0 amide bonds. The molecule has 2 aromatic heterocycles. The fraction of sp³-hybridized carbons (Fsp3) is 0.214. The Labute approximate surface area is 127 Å². The van der Waals surface area contributed by atoms with Gasteiger partial charge in [-0.3, -0.25) is 9.78 Å². The monoisotopic (exact) mass is 305 g/mol. The molecule has 0 saturated carbocycles. The molecule has 0 aliphatic rings. The maximum absolute atomic E-state index is 12.3. The minimum Gasteiger partial charge on any atom is -0.493 e. The third-order valence-electron chi connectivity index (χ3n) is 2.97. The Morgan fingerprint density at radius 1 is 1.38 bits per heavy atom. The minimum atomic E-state index is -0.267. The van der Waals surface area contributed by atoms with E-state index in [9.17, 15) is 4.79 Å². The quantitative estimate of drug-likeness (QED) is 0.828. The number of ether oxygens (including phenoxy) is 2. The Morgan fingerprint density at radius 2 is 2.14 bits per heavy atom. The molecule has 2 heterocycles. The second-order valence-corrected chi connectivity index (χ2v) is 4.65. The number of rotatable bonds is 5. The van der Waals surface area contributed by atoms with E-state index in [4.69, 9.17) is 27.4 Å². The van der Waals surface area contributed by atoms with Crippen molar-refractivity contribution in [2.45, 2.75) is 6.54 Å². The molecule has 0 bridgehead atoms. The number of methoxy groups -OCH3 is 2. The molecule has 7 heteroatoms. The molecule has 0 unspecified atom stereocenters. The van der Waals surface area contributed by atoms with Gasteiger partial charge in [-0.25, -0.2) is 0 Å². The highest BCUT2D eigenvalue weighted by Crippen LogP contribution is 2.29. The maximum Gasteiger partial charge on any atom is 0.261 e. The van der Waals surface area contributed by atoms with Crippen LogP contribution in [0, 0.1) is 0 Å². The molecule has 2 aromatic rings. The Hall–Kier alpha value is -2.41. The Morgan fingerprint density at radius 3 is 2.76 bits per heavy atom. The lowest BCUT2D eigenvalue weighted by atomic mass is 10.2. The summed E-state index contributed by atoms with van der Waals surface area (Å²) in [6, 6.07) is 5.00. The van der Waals surface area contributed by atoms with Crippen LogP contribution in [0.2, 0.25) is 0 Å². The molecule has 0 aliphatic carbocycles. The molecule has 6 nitrogen and oxygen atoms in total. The van der Waals surface area contributed by atoms with Crippen molar-refractivity contribution in [3.05, 3.63) is 52.2 Å². The smallest absolute Gasteiger partial charge is 0.261 e. The molecule has 2 N–H and O–H groups in total. The SMILES string of the molecule is COc1ccnc(Cn2cccc(C(N)=S)c2=O)c1OC. The van der Waals surface area contributed by atoms with Gasteiger partial charge in [0.25, 0.3) is 5.56 Å². The Kier molecular flexibility index (Phi) is 4.54. The lowest BCUT2D eigenvalue weighted by Crippen LogP contribution is -2.29. The molecular formula is C14H15N3O3S. The van der Waals surface area contributed by atoms with Crippen molar-refractivity contribution in [1.29, 1.82) is 0 Å². The summed E-state index contributed by atoms with van der Waals surface area (Å²) in [6.45, 7) is 0.232. The van der Waals surface area contributed by atoms with E-state index in [-0.39, 0.29) is 17.1 Å². The second-order valence-electron chi connectivity index (χ2n) is 4.21. The van der Waals surface area contributed by atoms with E-state index in [0.29, 0.717) is 22.8 Å². The van der Waals surface area contributed by atoms with Crippen LogP contribution >= 0.6 is 12.2 Å². The van der Waals surface area contributed by atoms with Crippen LogP contribution in [0.4, 0.5) is 0 Å². The molecule has 0 aliphatic heterocycles. The largest absolute Gasteiger partial charge is 0.493 e. The molecule has 0 fully saturated rings. The normalized spacial score (nSPS) is 10.2. The van der Waals surface area contributed by atoms with Gasteiger partial charge in [-0.05, 0) is 12.1 Å². The number of hydrogen-bond donors (Lipinski definition) is 1. The molecule has 2 rings (SSSR count). The third-order valence-corrected chi connectivity index (χ3v) is 3.19. The number of thiocarbonyl (C=S) groups is 1. The Balaban J connectivity index is 2.46. The summed E-state index contributed by atoms with van der Waals surface area (Å²) in [6.07, 6.45) is 3.24. The highest BCUT2D eigenvalue weighted by Gasteiger charge is 2.13. The number of pyridine rings is 2. The average Bonchev–Trinajstić information content (AvgIpc) is 2.48. The standard InChI is InChI=1S/C14H15N3O3S/c1-19-11-5-6-16-10(12(11)20-2)8-17-7-3-4-9(13(15)21)14(17)18/h3-7H,8H2,1-2H3,(H2,15,21). The molecule has 0 radical (unpaired) electrons. The van der Waals surface area contributed by atoms with Crippen LogP contribution in [-0.2, 0) is 6.54 Å². The summed E-state index contributed by atoms with van der Waals surface area (Å²) >= 11 is 4.87. The van der Waals surface area contributed by atoms with Gasteiger partial charge in [0.15, 0.2) is 11.5 Å². The van der Waals surface area contributed by atoms with E-state index < -0.39 is 0 Å². The second kappa shape index (κ2) is 6.36. The predicted molar refractivity (Wildman–Crippen MR) is 83.0 cm³/mol. The third kappa shape index (κ3) is 3.03. The molecule has 0 atom stereocenters. The molecule has 21 heavy (non-hydrogen) atoms. The van der Waals surface area contributed by atoms with Crippen molar-refractivity contribution >= 4 is 17.2 Å². The van der Waals surface area contributed by atoms with Crippen LogP contribution < -0.4 is 20.8 Å². The van der Waals surface area contributed by atoms with Crippen LogP contribution in [0.15, 0.2) is 35.4 Å². The van der Waals surface area contributed by atoms with E-state index in [2.05, 4.69) is 4.98 Å². The first-order valence-electron chi connectivity index (χ1n) is 6.13. The summed E-state index contributed by atoms with van der Waals surface area (Å²) in [5, 5.41) is 0. The van der Waals surface area contributed by atoms with E-state index in [0.717, 1.165) is 0 Å². The summed E-state index contributed by atoms with van der Waals surface area (Å²) in [5.41, 5.74) is 6.15. The topological polar surface area (TPSA) is 79.4 Å². The fourth-order valence-electron chi connectivity index (χ4n) is 1.97. The highest BCUT2D eigenvalue weighted by atomic mass is 32.1. The van der Waals surface area contributed by atoms with Gasteiger partial charge in [-0.1, -0.05) is 12.2 Å². The summed E-state index contributed by atoms with van der Waals surface area (Å²) in [5.74, 6) is 1.05. The van der Waals surface area contributed by atoms with E-state index in [1.807, 2.05) is 0 Å². The van der Waals surface area contributed by atoms with Crippen molar-refractivity contribution in [2.75, 3.05) is 14.2 Å². The van der Waals surface area contributed by atoms with Gasteiger partial charge >= 0.3 is 0 Å². The fourth-order valence-corrected chi connectivity index (χ4v) is 2.13. The summed E-state index contributed by atoms with van der Waals surface area (Å²) in [7, 11) is 3.07. The number of nitrogens with two attached hydrogens (primary N) is 1. The van der Waals surface area contributed by atoms with Crippen LogP contribution in [0.1, 0.15) is 11.3 Å². The lowest BCUT2D eigenvalue weighted by molar-refractivity contribution is 0.348. The molecule has 0 aromatic carbocycles. The highest BCUT2D eigenvalue weighted by molar-refractivity contribution is 7.80. The van der Waals surface area contributed by atoms with Gasteiger partial charge < -0.3 is 19.8 Å². The van der Waals surface area contributed by atoms with Crippen molar-refractivity contribution < 1.29 is 9.47 Å². The number of hydrogen-bond acceptors (Lipinski definition) is 5. The van der Waals surface area contributed by atoms with Crippen molar-refractivity contribution in [2.24, 2.45) is 5.73 Å². The van der Waals surface area contributed by atoms with Crippen molar-refractivity contribution in [3.63, 3.8) is 0 Å². The van der Waals surface area contributed by atoms with Crippen LogP contribution in [-0.4, -0.2) is 28.8 Å². The van der Waals surface area contributed by atoms with Gasteiger partial charge in [-0.15, -0.1) is 0 Å². The average molecular weight is 305 g/mol. The Bertz CT molecular complexity index is 728. The van der Waals surface area contributed by atoms with Gasteiger partial charge in [0.2, 0.25) is 0 Å². The predicted octanol–water partition coefficient (Wildman–Crippen LogP) is 0.943. The van der Waals surface area contributed by atoms with E-state index >= 15 is 0 Å². The molecule has 0 saturated heterocycles. The van der Waals surface area contributed by atoms with Crippen molar-refractivity contribution in [3.8, 4) is 11.5 Å². The number of nitrogens with zero attached hydrogens (tertiary/aromatic N) is 2. The van der Waals surface area contributed by atoms with Crippen molar-refractivity contribution in [1.82, 2.24) is 9.55 Å². The zero-order valence-corrected chi connectivity index (χ0v) is 12.5. The van der Waals surface area contributed by atoms with E-state index in [1.54, 1.807) is 37.7 Å². The maximum atomic E-state index is 12.3. The minimum absolute atomic E-state index is 0.0694. The van der Waals surface area contributed by atoms with Gasteiger partial charge in [0, 0.05) is 18.5 Å². The zero-order valence-electron chi connectivity index (χ0n) is 11.7. The van der Waals surface area contributed by atoms with Gasteiger partial charge in [0.05, 0.1) is 26.3 Å². The number of aromatic nitrogens is 2. The van der Waals surface area contributed by atoms with Crippen LogP contribution in [0.3, 0.4) is 0 Å². The first kappa shape index (κ1) is 15.0. The molecular weight excluding hydrogens is 290 g/mol. The van der Waals surface area contributed by atoms with Crippen LogP contribution in [0.25, 0.3) is 0 Å². The lowest BCUT2D eigenvalue weighted by Gasteiger charge is -2.13. The summed E-state index contributed by atoms with van der Waals surface area (Å²) < 4.78 is 12.0. The zero-order chi connectivity index (χ0) is 15.4. The van der Waals surface area contributed by atoms with Gasteiger partial charge in [-0.2, -0.15) is 0 Å². The van der Waals surface area contributed by atoms with Gasteiger partial charge in [0.1, 0.15) is 10.7 Å². The first-order chi connectivity index (χ1) is 10.1. The molecule has 110 valence electrons.